The first-order chi connectivity index (χ1) is 9.52. The van der Waals surface area contributed by atoms with Gasteiger partial charge in [-0.25, -0.2) is 0 Å². The molecule has 0 aliphatic carbocycles. The van der Waals surface area contributed by atoms with Crippen LogP contribution in [0, 0.1) is 0 Å². The van der Waals surface area contributed by atoms with Gasteiger partial charge in [-0.05, 0) is 25.6 Å². The fourth-order valence-electron chi connectivity index (χ4n) is 1.95. The SMILES string of the molecule is COCC(C)OCC(O)CN(C)Cc1ccccc1Br. The molecule has 0 heterocycles. The van der Waals surface area contributed by atoms with E-state index in [1.165, 1.54) is 5.56 Å². The number of likely N-dealkylation sites (N-methyl/N-ethyl adjacent to an activating group) is 1. The predicted octanol–water partition coefficient (Wildman–Crippen LogP) is 2.29. The van der Waals surface area contributed by atoms with Crippen LogP contribution in [-0.4, -0.2) is 56.1 Å². The highest BCUT2D eigenvalue weighted by Crippen LogP contribution is 2.17. The Morgan fingerprint density at radius 3 is 2.65 bits per heavy atom. The second-order valence-electron chi connectivity index (χ2n) is 5.04. The Morgan fingerprint density at radius 1 is 1.30 bits per heavy atom. The number of ether oxygens (including phenoxy) is 2. The lowest BCUT2D eigenvalue weighted by molar-refractivity contribution is -0.0385. The van der Waals surface area contributed by atoms with Crippen LogP contribution in [0.15, 0.2) is 28.7 Å². The molecule has 2 atom stereocenters. The lowest BCUT2D eigenvalue weighted by Crippen LogP contribution is -2.33. The average molecular weight is 346 g/mol. The number of aliphatic hydroxyl groups is 1. The van der Waals surface area contributed by atoms with Crippen molar-refractivity contribution in [1.29, 1.82) is 0 Å². The molecule has 0 aliphatic rings. The molecule has 0 saturated carbocycles. The van der Waals surface area contributed by atoms with Gasteiger partial charge in [0.1, 0.15) is 0 Å². The quantitative estimate of drug-likeness (QED) is 0.745. The summed E-state index contributed by atoms with van der Waals surface area (Å²) >= 11 is 3.53. The van der Waals surface area contributed by atoms with Crippen molar-refractivity contribution in [1.82, 2.24) is 4.90 Å². The van der Waals surface area contributed by atoms with E-state index in [9.17, 15) is 5.11 Å². The van der Waals surface area contributed by atoms with Gasteiger partial charge < -0.3 is 14.6 Å². The highest BCUT2D eigenvalue weighted by atomic mass is 79.9. The third-order valence-corrected chi connectivity index (χ3v) is 3.67. The molecule has 0 bridgehead atoms. The summed E-state index contributed by atoms with van der Waals surface area (Å²) in [5, 5.41) is 9.96. The molecule has 0 aliphatic heterocycles. The number of rotatable bonds is 9. The third-order valence-electron chi connectivity index (χ3n) is 2.90. The van der Waals surface area contributed by atoms with Crippen molar-refractivity contribution in [3.8, 4) is 0 Å². The molecule has 1 N–H and O–H groups in total. The first kappa shape index (κ1) is 17.6. The van der Waals surface area contributed by atoms with Crippen molar-refractivity contribution < 1.29 is 14.6 Å². The highest BCUT2D eigenvalue weighted by molar-refractivity contribution is 9.10. The molecule has 0 saturated heterocycles. The predicted molar refractivity (Wildman–Crippen MR) is 83.8 cm³/mol. The number of benzene rings is 1. The van der Waals surface area contributed by atoms with Crippen LogP contribution in [0.2, 0.25) is 0 Å². The molecule has 2 unspecified atom stereocenters. The maximum Gasteiger partial charge on any atom is 0.0900 e. The first-order valence-corrected chi connectivity index (χ1v) is 7.52. The molecule has 0 radical (unpaired) electrons. The molecule has 20 heavy (non-hydrogen) atoms. The summed E-state index contributed by atoms with van der Waals surface area (Å²) in [4.78, 5) is 2.08. The van der Waals surface area contributed by atoms with Crippen LogP contribution in [0.5, 0.6) is 0 Å². The summed E-state index contributed by atoms with van der Waals surface area (Å²) in [6.45, 7) is 4.15. The van der Waals surface area contributed by atoms with Gasteiger partial charge in [-0.1, -0.05) is 34.1 Å². The Balaban J connectivity index is 2.31. The number of aliphatic hydroxyl groups excluding tert-OH is 1. The maximum atomic E-state index is 9.96. The van der Waals surface area contributed by atoms with Crippen LogP contribution in [0.1, 0.15) is 12.5 Å². The van der Waals surface area contributed by atoms with E-state index in [0.717, 1.165) is 11.0 Å². The van der Waals surface area contributed by atoms with E-state index < -0.39 is 6.10 Å². The largest absolute Gasteiger partial charge is 0.389 e. The molecular weight excluding hydrogens is 322 g/mol. The maximum absolute atomic E-state index is 9.96. The van der Waals surface area contributed by atoms with E-state index >= 15 is 0 Å². The number of halogens is 1. The Morgan fingerprint density at radius 2 is 2.00 bits per heavy atom. The minimum absolute atomic E-state index is 0.00299. The first-order valence-electron chi connectivity index (χ1n) is 6.73. The van der Waals surface area contributed by atoms with Crippen LogP contribution >= 0.6 is 15.9 Å². The summed E-state index contributed by atoms with van der Waals surface area (Å²) in [6, 6.07) is 8.10. The van der Waals surface area contributed by atoms with Crippen molar-refractivity contribution >= 4 is 15.9 Å². The summed E-state index contributed by atoms with van der Waals surface area (Å²) in [6.07, 6.45) is -0.495. The molecule has 114 valence electrons. The van der Waals surface area contributed by atoms with Crippen LogP contribution in [0.25, 0.3) is 0 Å². The summed E-state index contributed by atoms with van der Waals surface area (Å²) in [5.74, 6) is 0. The van der Waals surface area contributed by atoms with E-state index in [0.29, 0.717) is 19.8 Å². The second kappa shape index (κ2) is 9.47. The van der Waals surface area contributed by atoms with Gasteiger partial charge in [0.25, 0.3) is 0 Å². The van der Waals surface area contributed by atoms with Gasteiger partial charge >= 0.3 is 0 Å². The fourth-order valence-corrected chi connectivity index (χ4v) is 2.36. The van der Waals surface area contributed by atoms with Gasteiger partial charge in [0, 0.05) is 24.7 Å². The molecule has 1 aromatic carbocycles. The molecular formula is C15H24BrNO3. The topological polar surface area (TPSA) is 41.9 Å². The standard InChI is InChI=1S/C15H24BrNO3/c1-12(10-19-3)20-11-14(18)9-17(2)8-13-6-4-5-7-15(13)16/h4-7,12,14,18H,8-11H2,1-3H3. The number of hydrogen-bond donors (Lipinski definition) is 1. The third kappa shape index (κ3) is 6.81. The van der Waals surface area contributed by atoms with Gasteiger partial charge in [0.2, 0.25) is 0 Å². The zero-order chi connectivity index (χ0) is 15.0. The molecule has 0 amide bonds. The molecule has 1 aromatic rings. The van der Waals surface area contributed by atoms with E-state index in [2.05, 4.69) is 26.9 Å². The summed E-state index contributed by atoms with van der Waals surface area (Å²) < 4.78 is 11.6. The summed E-state index contributed by atoms with van der Waals surface area (Å²) in [5.41, 5.74) is 1.20. The van der Waals surface area contributed by atoms with Crippen molar-refractivity contribution in [2.45, 2.75) is 25.7 Å². The average Bonchev–Trinajstić information content (AvgIpc) is 2.39. The second-order valence-corrected chi connectivity index (χ2v) is 5.90. The van der Waals surface area contributed by atoms with Crippen molar-refractivity contribution in [2.24, 2.45) is 0 Å². The zero-order valence-corrected chi connectivity index (χ0v) is 14.0. The number of methoxy groups -OCH3 is 1. The van der Waals surface area contributed by atoms with Gasteiger partial charge in [0.05, 0.1) is 25.4 Å². The molecule has 0 fully saturated rings. The molecule has 0 aromatic heterocycles. The number of nitrogens with zero attached hydrogens (tertiary/aromatic N) is 1. The Bertz CT molecular complexity index is 389. The minimum Gasteiger partial charge on any atom is -0.389 e. The molecule has 4 nitrogen and oxygen atoms in total. The van der Waals surface area contributed by atoms with E-state index in [1.54, 1.807) is 7.11 Å². The van der Waals surface area contributed by atoms with E-state index in [4.69, 9.17) is 9.47 Å². The van der Waals surface area contributed by atoms with Crippen LogP contribution < -0.4 is 0 Å². The lowest BCUT2D eigenvalue weighted by atomic mass is 10.2. The van der Waals surface area contributed by atoms with Crippen molar-refractivity contribution in [3.05, 3.63) is 34.3 Å². The number of hydrogen-bond acceptors (Lipinski definition) is 4. The minimum atomic E-state index is -0.498. The van der Waals surface area contributed by atoms with Crippen LogP contribution in [-0.2, 0) is 16.0 Å². The highest BCUT2D eigenvalue weighted by Gasteiger charge is 2.12. The normalized spacial score (nSPS) is 14.5. The molecule has 0 spiro atoms. The van der Waals surface area contributed by atoms with Gasteiger partial charge in [-0.2, -0.15) is 0 Å². The zero-order valence-electron chi connectivity index (χ0n) is 12.4. The van der Waals surface area contributed by atoms with Crippen LogP contribution in [0.3, 0.4) is 0 Å². The lowest BCUT2D eigenvalue weighted by Gasteiger charge is -2.22. The summed E-state index contributed by atoms with van der Waals surface area (Å²) in [7, 11) is 3.63. The van der Waals surface area contributed by atoms with Crippen LogP contribution in [0.4, 0.5) is 0 Å². The van der Waals surface area contributed by atoms with Gasteiger partial charge in [-0.15, -0.1) is 0 Å². The van der Waals surface area contributed by atoms with Gasteiger partial charge in [0.15, 0.2) is 0 Å². The molecule has 1 rings (SSSR count). The smallest absolute Gasteiger partial charge is 0.0900 e. The fraction of sp³-hybridized carbons (Fsp3) is 0.600. The van der Waals surface area contributed by atoms with Crippen molar-refractivity contribution in [2.75, 3.05) is 33.9 Å². The Hall–Kier alpha value is -0.460. The van der Waals surface area contributed by atoms with Crippen molar-refractivity contribution in [3.63, 3.8) is 0 Å². The van der Waals surface area contributed by atoms with Gasteiger partial charge in [-0.3, -0.25) is 4.90 Å². The Labute approximate surface area is 129 Å². The monoisotopic (exact) mass is 345 g/mol. The van der Waals surface area contributed by atoms with E-state index in [-0.39, 0.29) is 6.10 Å². The van der Waals surface area contributed by atoms with E-state index in [1.807, 2.05) is 32.2 Å². The molecule has 5 heteroatoms. The Kier molecular flexibility index (Phi) is 8.33.